The Labute approximate surface area is 519 Å². The number of halogens is 1. The standard InChI is InChI=1S/C64H79FN8O17/c1-4-64(85)45-33-50-60-43(36-73(50)62(83)44(45)37-90-63(64)84)59-47(14-13-42-39(3)46(65)34-49(71-60)58(42)59)69-55(79)11-8-20-66-52(76)17-15-51(75)48(32-40-9-6-5-7-10-40)70-56(80)16-12-41(74)35-68-54(78)19-23-86-25-27-88-29-30-89-28-26-87-24-21-67-53(77)18-22-72-57(81)31-38(2)61(72)82/h5-7,9-10,33-34,38,47-48,85H,4,8,11-32,35-37H2,1-3H3,(H,66,76)(H,67,77)(H,68,78)(H,69,79)(H,70,80)/t38?,47-,48-,64-/m0/s1. The van der Waals surface area contributed by atoms with Crippen molar-refractivity contribution >= 4 is 69.8 Å². The Balaban J connectivity index is 0.687. The average Bonchev–Trinajstić information content (AvgIpc) is 1.47. The Morgan fingerprint density at radius 3 is 2.13 bits per heavy atom. The summed E-state index contributed by atoms with van der Waals surface area (Å²) in [6.45, 7) is 6.98. The van der Waals surface area contributed by atoms with Crippen molar-refractivity contribution < 1.29 is 81.1 Å². The maximum atomic E-state index is 15.4. The van der Waals surface area contributed by atoms with E-state index in [1.165, 1.54) is 10.6 Å². The lowest BCUT2D eigenvalue weighted by Gasteiger charge is -2.31. The molecule has 4 aliphatic rings. The van der Waals surface area contributed by atoms with Gasteiger partial charge in [-0.15, -0.1) is 0 Å². The molecule has 3 aliphatic heterocycles. The predicted octanol–water partition coefficient (Wildman–Crippen LogP) is 2.43. The molecule has 90 heavy (non-hydrogen) atoms. The molecule has 484 valence electrons. The van der Waals surface area contributed by atoms with E-state index in [9.17, 15) is 57.8 Å². The van der Waals surface area contributed by atoms with Crippen LogP contribution in [0.3, 0.4) is 0 Å². The third-order valence-electron chi connectivity index (χ3n) is 16.5. The van der Waals surface area contributed by atoms with Crippen molar-refractivity contribution in [1.29, 1.82) is 0 Å². The molecular weight excluding hydrogens is 1170 g/mol. The number of imide groups is 1. The Bertz CT molecular complexity index is 3430. The summed E-state index contributed by atoms with van der Waals surface area (Å²) in [6.07, 6.45) is 0.606. The van der Waals surface area contributed by atoms with Gasteiger partial charge < -0.3 is 59.9 Å². The molecule has 1 saturated heterocycles. The maximum absolute atomic E-state index is 15.4. The number of benzene rings is 2. The number of fused-ring (bicyclic) bond motifs is 5. The number of cyclic esters (lactones) is 1. The molecule has 4 atom stereocenters. The number of ether oxygens (including phenoxy) is 5. The number of aromatic nitrogens is 2. The summed E-state index contributed by atoms with van der Waals surface area (Å²) < 4.78 is 43.9. The van der Waals surface area contributed by atoms with Crippen LogP contribution in [0.4, 0.5) is 4.39 Å². The zero-order valence-electron chi connectivity index (χ0n) is 51.1. The Morgan fingerprint density at radius 1 is 0.767 bits per heavy atom. The first-order valence-electron chi connectivity index (χ1n) is 30.7. The number of ketones is 2. The molecule has 2 aromatic heterocycles. The number of likely N-dealkylation sites (tertiary alicyclic amines) is 1. The second-order valence-corrected chi connectivity index (χ2v) is 22.8. The molecule has 26 heteroatoms. The zero-order valence-corrected chi connectivity index (χ0v) is 51.1. The van der Waals surface area contributed by atoms with Gasteiger partial charge in [0, 0.05) is 99.5 Å². The fraction of sp³-hybridized carbons (Fsp3) is 0.531. The van der Waals surface area contributed by atoms with Gasteiger partial charge in [-0.2, -0.15) is 0 Å². The quantitative estimate of drug-likeness (QED) is 0.0191. The molecule has 0 bridgehead atoms. The van der Waals surface area contributed by atoms with Gasteiger partial charge in [-0.25, -0.2) is 14.2 Å². The third-order valence-corrected chi connectivity index (χ3v) is 16.5. The summed E-state index contributed by atoms with van der Waals surface area (Å²) >= 11 is 0. The second-order valence-electron chi connectivity index (χ2n) is 22.8. The van der Waals surface area contributed by atoms with Crippen molar-refractivity contribution in [2.24, 2.45) is 5.92 Å². The normalized spacial score (nSPS) is 17.5. The first kappa shape index (κ1) is 67.8. The highest BCUT2D eigenvalue weighted by Crippen LogP contribution is 2.46. The molecule has 0 saturated carbocycles. The smallest absolute Gasteiger partial charge is 0.343 e. The lowest BCUT2D eigenvalue weighted by Crippen LogP contribution is -2.44. The van der Waals surface area contributed by atoms with Gasteiger partial charge in [0.05, 0.1) is 100 Å². The monoisotopic (exact) mass is 1250 g/mol. The van der Waals surface area contributed by atoms with E-state index in [1.807, 2.05) is 6.07 Å². The number of Topliss-reactive ketones (excluding diaryl/α,β-unsaturated/α-hetero) is 2. The zero-order chi connectivity index (χ0) is 64.5. The Morgan fingerprint density at radius 2 is 1.43 bits per heavy atom. The van der Waals surface area contributed by atoms with Gasteiger partial charge in [0.1, 0.15) is 12.4 Å². The van der Waals surface area contributed by atoms with Crippen molar-refractivity contribution in [3.63, 3.8) is 0 Å². The Kier molecular flexibility index (Phi) is 24.1. The van der Waals surface area contributed by atoms with E-state index in [2.05, 4.69) is 26.6 Å². The molecule has 1 aliphatic carbocycles. The van der Waals surface area contributed by atoms with Crippen LogP contribution in [0.2, 0.25) is 0 Å². The van der Waals surface area contributed by atoms with Crippen LogP contribution in [0.5, 0.6) is 0 Å². The molecule has 1 unspecified atom stereocenters. The number of aryl methyl sites for hydroxylation is 1. The predicted molar refractivity (Wildman–Crippen MR) is 320 cm³/mol. The fourth-order valence-electron chi connectivity index (χ4n) is 11.5. The van der Waals surface area contributed by atoms with Crippen LogP contribution in [-0.4, -0.2) is 164 Å². The summed E-state index contributed by atoms with van der Waals surface area (Å²) in [5, 5.41) is 25.9. The second kappa shape index (κ2) is 32.0. The molecule has 1 fully saturated rings. The van der Waals surface area contributed by atoms with Crippen LogP contribution >= 0.6 is 0 Å². The number of pyridine rings is 2. The van der Waals surface area contributed by atoms with Gasteiger partial charge >= 0.3 is 5.97 Å². The minimum absolute atomic E-state index is 0.0124. The van der Waals surface area contributed by atoms with Gasteiger partial charge in [-0.1, -0.05) is 44.2 Å². The van der Waals surface area contributed by atoms with Crippen molar-refractivity contribution in [3.05, 3.63) is 97.6 Å². The lowest BCUT2D eigenvalue weighted by molar-refractivity contribution is -0.172. The number of nitrogens with one attached hydrogen (secondary N) is 5. The van der Waals surface area contributed by atoms with Crippen molar-refractivity contribution in [2.75, 3.05) is 79.0 Å². The van der Waals surface area contributed by atoms with E-state index < -0.39 is 64.3 Å². The van der Waals surface area contributed by atoms with E-state index in [-0.39, 0.29) is 177 Å². The maximum Gasteiger partial charge on any atom is 0.343 e. The summed E-state index contributed by atoms with van der Waals surface area (Å²) in [7, 11) is 0. The van der Waals surface area contributed by atoms with Crippen LogP contribution in [0.15, 0.2) is 47.3 Å². The SMILES string of the molecule is CC[C@@]1(O)C(=O)OCc2c1cc1n(c2=O)Cc2c-1nc1cc(F)c(C)c3c1c2[C@@H](NC(=O)CCCNC(=O)CCC(=O)[C@H](Cc1ccccc1)NC(=O)CCC(=O)CNC(=O)CCOCCOCCOCCOCCNC(=O)CCN1C(=O)CC(C)C1=O)CC3. The van der Waals surface area contributed by atoms with Crippen LogP contribution in [0.25, 0.3) is 22.3 Å². The van der Waals surface area contributed by atoms with Gasteiger partial charge in [0.25, 0.3) is 5.56 Å². The van der Waals surface area contributed by atoms with Crippen LogP contribution in [0.1, 0.15) is 129 Å². The fourth-order valence-corrected chi connectivity index (χ4v) is 11.5. The molecule has 5 heterocycles. The first-order valence-corrected chi connectivity index (χ1v) is 30.7. The molecule has 7 amide bonds. The van der Waals surface area contributed by atoms with Crippen LogP contribution < -0.4 is 32.1 Å². The molecule has 25 nitrogen and oxygen atoms in total. The number of rotatable bonds is 36. The average molecular weight is 1250 g/mol. The highest BCUT2D eigenvalue weighted by atomic mass is 19.1. The number of hydrogen-bond acceptors (Lipinski definition) is 18. The summed E-state index contributed by atoms with van der Waals surface area (Å²) in [5.41, 5.74) is 2.25. The minimum atomic E-state index is -2.04. The van der Waals surface area contributed by atoms with Gasteiger partial charge in [0.15, 0.2) is 17.2 Å². The topological polar surface area (TPSA) is 335 Å². The van der Waals surface area contributed by atoms with E-state index in [4.69, 9.17) is 28.7 Å². The summed E-state index contributed by atoms with van der Waals surface area (Å²) in [6, 6.07) is 10.4. The van der Waals surface area contributed by atoms with E-state index in [0.29, 0.717) is 78.3 Å². The number of amides is 7. The van der Waals surface area contributed by atoms with Gasteiger partial charge in [-0.05, 0) is 67.3 Å². The lowest BCUT2D eigenvalue weighted by atomic mass is 9.81. The molecule has 4 aromatic rings. The Hall–Kier alpha value is -8.17. The van der Waals surface area contributed by atoms with E-state index in [0.717, 1.165) is 16.0 Å². The molecular formula is C64H79FN8O17. The molecule has 0 radical (unpaired) electrons. The van der Waals surface area contributed by atoms with Gasteiger partial charge in [0.2, 0.25) is 41.4 Å². The third kappa shape index (κ3) is 17.2. The molecule has 6 N–H and O–H groups in total. The highest BCUT2D eigenvalue weighted by molar-refractivity contribution is 6.03. The number of aliphatic hydroxyl groups is 1. The number of nitrogens with zero attached hydrogens (tertiary/aromatic N) is 3. The van der Waals surface area contributed by atoms with E-state index >= 15 is 4.39 Å². The minimum Gasteiger partial charge on any atom is -0.458 e. The number of esters is 1. The van der Waals surface area contributed by atoms with Crippen molar-refractivity contribution in [1.82, 2.24) is 41.0 Å². The summed E-state index contributed by atoms with van der Waals surface area (Å²) in [4.78, 5) is 147. The number of hydrogen-bond donors (Lipinski definition) is 6. The first-order chi connectivity index (χ1) is 43.3. The van der Waals surface area contributed by atoms with Crippen LogP contribution in [-0.2, 0) is 103 Å². The summed E-state index contributed by atoms with van der Waals surface area (Å²) in [5.74, 6) is -4.97. The largest absolute Gasteiger partial charge is 0.458 e. The van der Waals surface area contributed by atoms with Crippen LogP contribution in [0, 0.1) is 18.7 Å². The number of carbonyl (C=O) groups is 10. The van der Waals surface area contributed by atoms with Crippen molar-refractivity contribution in [2.45, 2.75) is 135 Å². The highest BCUT2D eigenvalue weighted by Gasteiger charge is 2.46. The molecule has 0 spiro atoms. The number of carbonyl (C=O) groups excluding carboxylic acids is 10. The molecule has 8 rings (SSSR count). The molecule has 2 aromatic carbocycles. The van der Waals surface area contributed by atoms with Gasteiger partial charge in [-0.3, -0.25) is 52.8 Å². The van der Waals surface area contributed by atoms with Crippen molar-refractivity contribution in [3.8, 4) is 11.4 Å². The van der Waals surface area contributed by atoms with E-state index in [1.54, 1.807) is 51.1 Å².